The van der Waals surface area contributed by atoms with E-state index >= 15 is 0 Å². The Labute approximate surface area is 102 Å². The number of pyridine rings is 1. The van der Waals surface area contributed by atoms with Gasteiger partial charge in [-0.1, -0.05) is 35.9 Å². The van der Waals surface area contributed by atoms with Crippen LogP contribution in [0.4, 0.5) is 0 Å². The lowest BCUT2D eigenvalue weighted by atomic mass is 9.90. The molecule has 0 aliphatic heterocycles. The molecule has 2 heteroatoms. The first-order valence-electron chi connectivity index (χ1n) is 5.77. The molecule has 0 saturated heterocycles. The first-order chi connectivity index (χ1) is 8.08. The van der Waals surface area contributed by atoms with E-state index in [0.717, 1.165) is 11.3 Å². The lowest BCUT2D eigenvalue weighted by molar-refractivity contribution is 0.0566. The fourth-order valence-electron chi connectivity index (χ4n) is 1.87. The minimum absolute atomic E-state index is 0.525. The molecule has 0 fully saturated rings. The lowest BCUT2D eigenvalue weighted by Gasteiger charge is -2.23. The zero-order valence-corrected chi connectivity index (χ0v) is 10.2. The van der Waals surface area contributed by atoms with E-state index in [0.29, 0.717) is 6.42 Å². The van der Waals surface area contributed by atoms with Crippen LogP contribution in [0.3, 0.4) is 0 Å². The van der Waals surface area contributed by atoms with Crippen molar-refractivity contribution in [3.63, 3.8) is 0 Å². The highest BCUT2D eigenvalue weighted by atomic mass is 16.3. The summed E-state index contributed by atoms with van der Waals surface area (Å²) >= 11 is 0. The summed E-state index contributed by atoms with van der Waals surface area (Å²) in [6, 6.07) is 13.7. The molecule has 88 valence electrons. The molecule has 0 aliphatic carbocycles. The van der Waals surface area contributed by atoms with Crippen molar-refractivity contribution in [3.05, 3.63) is 65.5 Å². The minimum atomic E-state index is -0.873. The minimum Gasteiger partial charge on any atom is -0.385 e. The van der Waals surface area contributed by atoms with Gasteiger partial charge in [0.1, 0.15) is 0 Å². The molecule has 2 aromatic rings. The number of benzene rings is 1. The normalized spacial score (nSPS) is 14.3. The smallest absolute Gasteiger partial charge is 0.0923 e. The van der Waals surface area contributed by atoms with Gasteiger partial charge in [-0.3, -0.25) is 4.98 Å². The molecule has 1 heterocycles. The Hall–Kier alpha value is -1.67. The largest absolute Gasteiger partial charge is 0.385 e. The van der Waals surface area contributed by atoms with Gasteiger partial charge in [-0.05, 0) is 31.5 Å². The summed E-state index contributed by atoms with van der Waals surface area (Å²) in [5, 5.41) is 10.5. The maximum absolute atomic E-state index is 10.5. The van der Waals surface area contributed by atoms with Crippen LogP contribution in [0.15, 0.2) is 48.7 Å². The Bertz CT molecular complexity index is 474. The van der Waals surface area contributed by atoms with Gasteiger partial charge in [-0.2, -0.15) is 0 Å². The molecule has 1 N–H and O–H groups in total. The van der Waals surface area contributed by atoms with E-state index in [1.807, 2.05) is 56.3 Å². The average Bonchev–Trinajstić information content (AvgIpc) is 2.30. The van der Waals surface area contributed by atoms with Crippen molar-refractivity contribution in [2.75, 3.05) is 0 Å². The van der Waals surface area contributed by atoms with Crippen LogP contribution >= 0.6 is 0 Å². The van der Waals surface area contributed by atoms with E-state index in [2.05, 4.69) is 4.98 Å². The van der Waals surface area contributed by atoms with E-state index in [9.17, 15) is 5.11 Å². The molecule has 0 aliphatic rings. The van der Waals surface area contributed by atoms with E-state index in [1.165, 1.54) is 5.56 Å². The predicted octanol–water partition coefficient (Wildman–Crippen LogP) is 2.84. The first kappa shape index (κ1) is 11.8. The summed E-state index contributed by atoms with van der Waals surface area (Å²) < 4.78 is 0. The predicted molar refractivity (Wildman–Crippen MR) is 68.7 cm³/mol. The Kier molecular flexibility index (Phi) is 3.25. The van der Waals surface area contributed by atoms with Crippen LogP contribution in [0.2, 0.25) is 0 Å². The summed E-state index contributed by atoms with van der Waals surface area (Å²) in [6.07, 6.45) is 2.28. The SMILES string of the molecule is Cc1ccc(C(C)(O)Cc2ccccn2)cc1. The van der Waals surface area contributed by atoms with Gasteiger partial charge in [0.15, 0.2) is 0 Å². The molecule has 2 nitrogen and oxygen atoms in total. The molecule has 1 aromatic carbocycles. The summed E-state index contributed by atoms with van der Waals surface area (Å²) in [5.41, 5.74) is 2.15. The lowest BCUT2D eigenvalue weighted by Crippen LogP contribution is -2.24. The molecule has 0 spiro atoms. The first-order valence-corrected chi connectivity index (χ1v) is 5.77. The number of hydrogen-bond acceptors (Lipinski definition) is 2. The summed E-state index contributed by atoms with van der Waals surface area (Å²) in [4.78, 5) is 4.25. The average molecular weight is 227 g/mol. The highest BCUT2D eigenvalue weighted by Crippen LogP contribution is 2.24. The van der Waals surface area contributed by atoms with Gasteiger partial charge in [-0.25, -0.2) is 0 Å². The van der Waals surface area contributed by atoms with Crippen molar-refractivity contribution in [2.24, 2.45) is 0 Å². The standard InChI is InChI=1S/C15H17NO/c1-12-6-8-13(9-7-12)15(2,17)11-14-5-3-4-10-16-14/h3-10,17H,11H2,1-2H3. The molecule has 17 heavy (non-hydrogen) atoms. The molecule has 1 atom stereocenters. The number of nitrogens with zero attached hydrogens (tertiary/aromatic N) is 1. The number of hydrogen-bond donors (Lipinski definition) is 1. The van der Waals surface area contributed by atoms with Crippen molar-refractivity contribution in [2.45, 2.75) is 25.9 Å². The second-order valence-electron chi connectivity index (χ2n) is 4.64. The van der Waals surface area contributed by atoms with Gasteiger partial charge in [0.25, 0.3) is 0 Å². The molecular weight excluding hydrogens is 210 g/mol. The summed E-state index contributed by atoms with van der Waals surface area (Å²) in [5.74, 6) is 0. The van der Waals surface area contributed by atoms with Crippen molar-refractivity contribution in [3.8, 4) is 0 Å². The van der Waals surface area contributed by atoms with Crippen molar-refractivity contribution >= 4 is 0 Å². The number of aryl methyl sites for hydroxylation is 1. The van der Waals surface area contributed by atoms with Gasteiger partial charge < -0.3 is 5.11 Å². The van der Waals surface area contributed by atoms with E-state index in [-0.39, 0.29) is 0 Å². The monoisotopic (exact) mass is 227 g/mol. The molecule has 0 radical (unpaired) electrons. The number of rotatable bonds is 3. The zero-order chi connectivity index (χ0) is 12.3. The molecule has 1 aromatic heterocycles. The summed E-state index contributed by atoms with van der Waals surface area (Å²) in [6.45, 7) is 3.86. The molecule has 0 saturated carbocycles. The van der Waals surface area contributed by atoms with Gasteiger partial charge >= 0.3 is 0 Å². The van der Waals surface area contributed by atoms with Crippen LogP contribution < -0.4 is 0 Å². The maximum Gasteiger partial charge on any atom is 0.0923 e. The van der Waals surface area contributed by atoms with Crippen LogP contribution in [-0.4, -0.2) is 10.1 Å². The van der Waals surface area contributed by atoms with Crippen molar-refractivity contribution < 1.29 is 5.11 Å². The van der Waals surface area contributed by atoms with E-state index in [4.69, 9.17) is 0 Å². The van der Waals surface area contributed by atoms with Crippen molar-refractivity contribution in [1.82, 2.24) is 4.98 Å². The van der Waals surface area contributed by atoms with Crippen LogP contribution in [0.5, 0.6) is 0 Å². The van der Waals surface area contributed by atoms with Gasteiger partial charge in [0, 0.05) is 18.3 Å². The third-order valence-corrected chi connectivity index (χ3v) is 2.92. The highest BCUT2D eigenvalue weighted by molar-refractivity contribution is 5.27. The molecule has 0 amide bonds. The van der Waals surface area contributed by atoms with Gasteiger partial charge in [-0.15, -0.1) is 0 Å². The topological polar surface area (TPSA) is 33.1 Å². The van der Waals surface area contributed by atoms with Crippen LogP contribution in [0.25, 0.3) is 0 Å². The fraction of sp³-hybridized carbons (Fsp3) is 0.267. The molecule has 1 unspecified atom stereocenters. The Morgan fingerprint density at radius 1 is 1.12 bits per heavy atom. The zero-order valence-electron chi connectivity index (χ0n) is 10.2. The van der Waals surface area contributed by atoms with Crippen LogP contribution in [0.1, 0.15) is 23.7 Å². The van der Waals surface area contributed by atoms with E-state index in [1.54, 1.807) is 6.20 Å². The van der Waals surface area contributed by atoms with Gasteiger partial charge in [0.2, 0.25) is 0 Å². The number of aromatic nitrogens is 1. The maximum atomic E-state index is 10.5. The van der Waals surface area contributed by atoms with Crippen molar-refractivity contribution in [1.29, 1.82) is 0 Å². The third kappa shape index (κ3) is 2.92. The molecular formula is C15H17NO. The summed E-state index contributed by atoms with van der Waals surface area (Å²) in [7, 11) is 0. The fourth-order valence-corrected chi connectivity index (χ4v) is 1.87. The second kappa shape index (κ2) is 4.68. The van der Waals surface area contributed by atoms with Crippen LogP contribution in [0, 0.1) is 6.92 Å². The van der Waals surface area contributed by atoms with Crippen LogP contribution in [-0.2, 0) is 12.0 Å². The Morgan fingerprint density at radius 3 is 2.41 bits per heavy atom. The molecule has 2 rings (SSSR count). The molecule has 0 bridgehead atoms. The Morgan fingerprint density at radius 2 is 1.82 bits per heavy atom. The Balaban J connectivity index is 2.21. The highest BCUT2D eigenvalue weighted by Gasteiger charge is 2.23. The third-order valence-electron chi connectivity index (χ3n) is 2.92. The van der Waals surface area contributed by atoms with Gasteiger partial charge in [0.05, 0.1) is 5.60 Å². The quantitative estimate of drug-likeness (QED) is 0.874. The second-order valence-corrected chi connectivity index (χ2v) is 4.64. The van der Waals surface area contributed by atoms with E-state index < -0.39 is 5.60 Å². The number of aliphatic hydroxyl groups is 1.